The number of nitrogens with zero attached hydrogens (tertiary/aromatic N) is 3. The number of thioether (sulfide) groups is 1. The number of benzene rings is 2. The third-order valence-electron chi connectivity index (χ3n) is 6.30. The highest BCUT2D eigenvalue weighted by molar-refractivity contribution is 8.00. The Labute approximate surface area is 217 Å². The zero-order valence-electron chi connectivity index (χ0n) is 20.0. The van der Waals surface area contributed by atoms with Gasteiger partial charge in [0.05, 0.1) is 17.4 Å². The molecule has 0 bridgehead atoms. The van der Waals surface area contributed by atoms with E-state index in [1.807, 2.05) is 0 Å². The van der Waals surface area contributed by atoms with Crippen LogP contribution in [-0.4, -0.2) is 58.5 Å². The number of amides is 1. The van der Waals surface area contributed by atoms with Crippen LogP contribution in [0.25, 0.3) is 10.9 Å². The SMILES string of the molecule is O=CN1CCC(n2c(=O)n(Cc3ccc(SC(F)(F)F)cc3)c(=O)c3cc(OC(CF)CF)ccc32)CC1. The maximum Gasteiger partial charge on any atom is 0.446 e. The molecule has 1 saturated heterocycles. The molecule has 0 aliphatic carbocycles. The Kier molecular flexibility index (Phi) is 8.44. The van der Waals surface area contributed by atoms with E-state index in [1.54, 1.807) is 4.90 Å². The maximum atomic E-state index is 13.6. The minimum Gasteiger partial charge on any atom is -0.485 e. The Morgan fingerprint density at radius 3 is 2.26 bits per heavy atom. The summed E-state index contributed by atoms with van der Waals surface area (Å²) in [5.74, 6) is 0.0518. The number of ether oxygens (including phenoxy) is 1. The fraction of sp³-hybridized carbons (Fsp3) is 0.400. The van der Waals surface area contributed by atoms with Crippen molar-refractivity contribution in [1.29, 1.82) is 0 Å². The topological polar surface area (TPSA) is 73.5 Å². The van der Waals surface area contributed by atoms with E-state index in [9.17, 15) is 36.3 Å². The molecule has 1 aliphatic heterocycles. The minimum absolute atomic E-state index is 0.0384. The molecule has 2 aromatic carbocycles. The summed E-state index contributed by atoms with van der Waals surface area (Å²) in [6, 6.07) is 9.23. The van der Waals surface area contributed by atoms with Crippen LogP contribution >= 0.6 is 11.8 Å². The van der Waals surface area contributed by atoms with Crippen LogP contribution in [0.3, 0.4) is 0 Å². The fourth-order valence-corrected chi connectivity index (χ4v) is 4.99. The van der Waals surface area contributed by atoms with E-state index in [0.717, 1.165) is 11.0 Å². The van der Waals surface area contributed by atoms with Gasteiger partial charge in [0.2, 0.25) is 6.41 Å². The van der Waals surface area contributed by atoms with Gasteiger partial charge in [0.1, 0.15) is 19.1 Å². The highest BCUT2D eigenvalue weighted by Crippen LogP contribution is 2.36. The van der Waals surface area contributed by atoms with Crippen LogP contribution in [0.1, 0.15) is 24.4 Å². The first-order valence-corrected chi connectivity index (χ1v) is 12.6. The first kappa shape index (κ1) is 27.7. The number of fused-ring (bicyclic) bond motifs is 1. The average molecular weight is 558 g/mol. The Morgan fingerprint density at radius 2 is 1.68 bits per heavy atom. The number of hydrogen-bond acceptors (Lipinski definition) is 5. The second kappa shape index (κ2) is 11.6. The first-order valence-electron chi connectivity index (χ1n) is 11.7. The lowest BCUT2D eigenvalue weighted by Crippen LogP contribution is -2.44. The number of carbonyl (C=O) groups is 1. The molecule has 1 fully saturated rings. The van der Waals surface area contributed by atoms with Gasteiger partial charge in [-0.05, 0) is 60.5 Å². The van der Waals surface area contributed by atoms with Gasteiger partial charge in [-0.1, -0.05) is 12.1 Å². The standard InChI is InChI=1S/C25H24F5N3O4S/c26-12-19(13-27)37-18-3-6-22-21(11-18)23(35)32(14-16-1-4-20(5-2-16)38-25(28,29)30)24(36)33(22)17-7-9-31(15-34)10-8-17/h1-6,11,15,17,19H,7-10,12-14H2. The van der Waals surface area contributed by atoms with Crippen LogP contribution in [-0.2, 0) is 11.3 Å². The number of likely N-dealkylation sites (tertiary alicyclic amines) is 1. The van der Waals surface area contributed by atoms with Crippen molar-refractivity contribution >= 4 is 29.1 Å². The fourth-order valence-electron chi connectivity index (χ4n) is 4.45. The van der Waals surface area contributed by atoms with Gasteiger partial charge in [-0.25, -0.2) is 13.6 Å². The summed E-state index contributed by atoms with van der Waals surface area (Å²) >= 11 is -0.273. The third kappa shape index (κ3) is 6.20. The molecule has 1 aromatic heterocycles. The number of hydrogen-bond donors (Lipinski definition) is 0. The third-order valence-corrected chi connectivity index (χ3v) is 7.04. The number of halogens is 5. The summed E-state index contributed by atoms with van der Waals surface area (Å²) in [5, 5.41) is 0.0839. The van der Waals surface area contributed by atoms with E-state index in [0.29, 0.717) is 37.0 Å². The Balaban J connectivity index is 1.78. The predicted molar refractivity (Wildman–Crippen MR) is 132 cm³/mol. The molecule has 0 radical (unpaired) electrons. The quantitative estimate of drug-likeness (QED) is 0.223. The lowest BCUT2D eigenvalue weighted by molar-refractivity contribution is -0.119. The van der Waals surface area contributed by atoms with E-state index in [4.69, 9.17) is 4.74 Å². The normalized spacial score (nSPS) is 14.8. The number of aromatic nitrogens is 2. The molecule has 3 aromatic rings. The minimum atomic E-state index is -4.45. The lowest BCUT2D eigenvalue weighted by Gasteiger charge is -2.31. The molecule has 1 aliphatic rings. The molecule has 2 heterocycles. The molecule has 38 heavy (non-hydrogen) atoms. The van der Waals surface area contributed by atoms with Crippen molar-refractivity contribution in [2.24, 2.45) is 0 Å². The summed E-state index contributed by atoms with van der Waals surface area (Å²) in [4.78, 5) is 39.8. The number of alkyl halides is 5. The molecular weight excluding hydrogens is 533 g/mol. The van der Waals surface area contributed by atoms with Crippen molar-refractivity contribution in [3.63, 3.8) is 0 Å². The summed E-state index contributed by atoms with van der Waals surface area (Å²) in [6.45, 7) is -1.53. The largest absolute Gasteiger partial charge is 0.485 e. The zero-order chi connectivity index (χ0) is 27.4. The molecule has 4 rings (SSSR count). The first-order chi connectivity index (χ1) is 18.1. The summed E-state index contributed by atoms with van der Waals surface area (Å²) < 4.78 is 71.8. The van der Waals surface area contributed by atoms with Crippen LogP contribution in [0.5, 0.6) is 5.75 Å². The molecule has 7 nitrogen and oxygen atoms in total. The number of carbonyl (C=O) groups excluding carboxylic acids is 1. The van der Waals surface area contributed by atoms with Crippen molar-refractivity contribution in [1.82, 2.24) is 14.0 Å². The second-order valence-corrected chi connectivity index (χ2v) is 9.97. The molecule has 1 amide bonds. The van der Waals surface area contributed by atoms with Gasteiger partial charge in [0.15, 0.2) is 6.10 Å². The van der Waals surface area contributed by atoms with Crippen molar-refractivity contribution in [3.05, 3.63) is 68.9 Å². The highest BCUT2D eigenvalue weighted by atomic mass is 32.2. The van der Waals surface area contributed by atoms with Gasteiger partial charge in [-0.3, -0.25) is 18.7 Å². The van der Waals surface area contributed by atoms with E-state index in [1.165, 1.54) is 47.0 Å². The van der Waals surface area contributed by atoms with Gasteiger partial charge < -0.3 is 9.64 Å². The van der Waals surface area contributed by atoms with Crippen molar-refractivity contribution in [2.45, 2.75) is 41.9 Å². The van der Waals surface area contributed by atoms with E-state index < -0.39 is 36.2 Å². The molecular formula is C25H24F5N3O4S. The Morgan fingerprint density at radius 1 is 1.03 bits per heavy atom. The molecule has 0 unspecified atom stereocenters. The van der Waals surface area contributed by atoms with Crippen LogP contribution < -0.4 is 16.0 Å². The van der Waals surface area contributed by atoms with Crippen LogP contribution in [0.15, 0.2) is 56.9 Å². The van der Waals surface area contributed by atoms with E-state index in [2.05, 4.69) is 0 Å². The smallest absolute Gasteiger partial charge is 0.446 e. The molecule has 0 N–H and O–H groups in total. The summed E-state index contributed by atoms with van der Waals surface area (Å²) in [6.07, 6.45) is 0.300. The second-order valence-electron chi connectivity index (χ2n) is 8.84. The molecule has 204 valence electrons. The van der Waals surface area contributed by atoms with Crippen LogP contribution in [0.4, 0.5) is 22.0 Å². The molecule has 0 saturated carbocycles. The average Bonchev–Trinajstić information content (AvgIpc) is 2.90. The Bertz CT molecular complexity index is 1400. The van der Waals surface area contributed by atoms with Gasteiger partial charge in [0.25, 0.3) is 5.56 Å². The van der Waals surface area contributed by atoms with E-state index in [-0.39, 0.29) is 40.4 Å². The van der Waals surface area contributed by atoms with Crippen LogP contribution in [0.2, 0.25) is 0 Å². The van der Waals surface area contributed by atoms with Gasteiger partial charge in [-0.15, -0.1) is 0 Å². The van der Waals surface area contributed by atoms with Crippen LogP contribution in [0, 0.1) is 0 Å². The molecule has 0 spiro atoms. The van der Waals surface area contributed by atoms with Crippen molar-refractivity contribution in [3.8, 4) is 5.75 Å². The van der Waals surface area contributed by atoms with Gasteiger partial charge >= 0.3 is 11.2 Å². The predicted octanol–water partition coefficient (Wildman–Crippen LogP) is 4.30. The zero-order valence-corrected chi connectivity index (χ0v) is 20.8. The summed E-state index contributed by atoms with van der Waals surface area (Å²) in [7, 11) is 0. The molecule has 0 atom stereocenters. The number of rotatable bonds is 9. The van der Waals surface area contributed by atoms with E-state index >= 15 is 0 Å². The highest BCUT2D eigenvalue weighted by Gasteiger charge is 2.29. The number of piperidine rings is 1. The monoisotopic (exact) mass is 557 g/mol. The maximum absolute atomic E-state index is 13.6. The molecule has 13 heteroatoms. The van der Waals surface area contributed by atoms with Gasteiger partial charge in [-0.2, -0.15) is 13.2 Å². The van der Waals surface area contributed by atoms with Crippen molar-refractivity contribution in [2.75, 3.05) is 26.4 Å². The van der Waals surface area contributed by atoms with Gasteiger partial charge in [0, 0.05) is 24.0 Å². The summed E-state index contributed by atoms with van der Waals surface area (Å²) in [5.41, 5.74) is -5.00. The Hall–Kier alpha value is -3.35. The van der Waals surface area contributed by atoms with Crippen molar-refractivity contribution < 1.29 is 31.5 Å². The lowest BCUT2D eigenvalue weighted by atomic mass is 10.0.